The van der Waals surface area contributed by atoms with Crippen molar-refractivity contribution >= 4 is 22.8 Å². The number of rotatable bonds is 4. The molecule has 3 heterocycles. The maximum Gasteiger partial charge on any atom is 0.278 e. The van der Waals surface area contributed by atoms with E-state index in [-0.39, 0.29) is 5.56 Å². The number of pyridine rings is 1. The fourth-order valence-electron chi connectivity index (χ4n) is 2.51. The summed E-state index contributed by atoms with van der Waals surface area (Å²) < 4.78 is 3.26. The van der Waals surface area contributed by atoms with Gasteiger partial charge in [-0.15, -0.1) is 0 Å². The van der Waals surface area contributed by atoms with E-state index in [4.69, 9.17) is 0 Å². The van der Waals surface area contributed by atoms with Crippen LogP contribution in [0.3, 0.4) is 0 Å². The van der Waals surface area contributed by atoms with Crippen LogP contribution in [0.5, 0.6) is 0 Å². The first-order valence-electron chi connectivity index (χ1n) is 7.59. The highest BCUT2D eigenvalue weighted by Crippen LogP contribution is 2.21. The summed E-state index contributed by atoms with van der Waals surface area (Å²) >= 11 is 1.41. The van der Waals surface area contributed by atoms with Gasteiger partial charge in [-0.1, -0.05) is 17.8 Å². The molecule has 0 saturated heterocycles. The molecule has 0 atom stereocenters. The van der Waals surface area contributed by atoms with E-state index in [2.05, 4.69) is 15.0 Å². The highest BCUT2D eigenvalue weighted by Gasteiger charge is 2.21. The van der Waals surface area contributed by atoms with Crippen molar-refractivity contribution in [3.63, 3.8) is 0 Å². The molecule has 0 aromatic carbocycles. The van der Waals surface area contributed by atoms with Crippen LogP contribution in [0.2, 0.25) is 0 Å². The van der Waals surface area contributed by atoms with Gasteiger partial charge in [0.15, 0.2) is 16.6 Å². The summed E-state index contributed by atoms with van der Waals surface area (Å²) in [4.78, 5) is 25.8. The van der Waals surface area contributed by atoms with Gasteiger partial charge in [-0.05, 0) is 39.2 Å². The number of nitrogens with zero attached hydrogens (tertiary/aromatic N) is 5. The normalized spacial score (nSPS) is 12.0. The minimum atomic E-state index is -1.07. The number of aliphatic hydroxyl groups is 1. The summed E-state index contributed by atoms with van der Waals surface area (Å²) in [6.45, 7) is 5.71. The van der Waals surface area contributed by atoms with E-state index in [1.165, 1.54) is 11.8 Å². The zero-order valence-electron chi connectivity index (χ0n) is 14.0. The van der Waals surface area contributed by atoms with Gasteiger partial charge in [0.1, 0.15) is 11.0 Å². The van der Waals surface area contributed by atoms with Gasteiger partial charge in [-0.25, -0.2) is 24.3 Å². The van der Waals surface area contributed by atoms with E-state index in [0.29, 0.717) is 34.2 Å². The Labute approximate surface area is 143 Å². The van der Waals surface area contributed by atoms with Gasteiger partial charge in [0.25, 0.3) is 5.56 Å². The summed E-state index contributed by atoms with van der Waals surface area (Å²) in [5.74, 6) is 0.536. The molecule has 0 saturated carbocycles. The first-order valence-corrected chi connectivity index (χ1v) is 8.82. The minimum absolute atomic E-state index is 0.157. The van der Waals surface area contributed by atoms with E-state index < -0.39 is 5.60 Å². The molecule has 0 radical (unpaired) electrons. The Kier molecular flexibility index (Phi) is 4.18. The van der Waals surface area contributed by atoms with Crippen LogP contribution in [0.15, 0.2) is 34.3 Å². The van der Waals surface area contributed by atoms with Crippen molar-refractivity contribution in [1.29, 1.82) is 0 Å². The van der Waals surface area contributed by atoms with Crippen molar-refractivity contribution in [2.75, 3.05) is 6.26 Å². The summed E-state index contributed by atoms with van der Waals surface area (Å²) in [5.41, 5.74) is -0.191. The molecule has 3 aromatic heterocycles. The number of hydrogen-bond acceptors (Lipinski definition) is 6. The summed E-state index contributed by atoms with van der Waals surface area (Å²) in [5, 5.41) is 11.3. The number of thioether (sulfide) groups is 1. The Morgan fingerprint density at radius 3 is 2.67 bits per heavy atom. The third-order valence-electron chi connectivity index (χ3n) is 3.71. The number of aromatic nitrogens is 5. The Bertz CT molecular complexity index is 955. The average molecular weight is 345 g/mol. The second kappa shape index (κ2) is 6.03. The van der Waals surface area contributed by atoms with Gasteiger partial charge in [0.2, 0.25) is 0 Å². The zero-order valence-corrected chi connectivity index (χ0v) is 14.8. The molecule has 24 heavy (non-hydrogen) atoms. The second-order valence-corrected chi connectivity index (χ2v) is 6.64. The van der Waals surface area contributed by atoms with Gasteiger partial charge in [-0.2, -0.15) is 0 Å². The molecule has 0 amide bonds. The van der Waals surface area contributed by atoms with Crippen LogP contribution in [0.1, 0.15) is 26.5 Å². The molecule has 0 aliphatic carbocycles. The molecule has 0 aliphatic rings. The van der Waals surface area contributed by atoms with E-state index in [0.717, 1.165) is 0 Å². The molecule has 3 rings (SSSR count). The van der Waals surface area contributed by atoms with Crippen LogP contribution in [-0.4, -0.2) is 35.7 Å². The predicted molar refractivity (Wildman–Crippen MR) is 93.6 cm³/mol. The predicted octanol–water partition coefficient (Wildman–Crippen LogP) is 1.95. The molecule has 7 nitrogen and oxygen atoms in total. The average Bonchev–Trinajstić information content (AvgIpc) is 2.85. The molecule has 3 aromatic rings. The van der Waals surface area contributed by atoms with Crippen molar-refractivity contribution in [2.24, 2.45) is 0 Å². The third-order valence-corrected chi connectivity index (χ3v) is 4.28. The van der Waals surface area contributed by atoms with Crippen LogP contribution in [0.25, 0.3) is 16.9 Å². The second-order valence-electron chi connectivity index (χ2n) is 5.87. The van der Waals surface area contributed by atoms with Crippen LogP contribution in [0, 0.1) is 0 Å². The summed E-state index contributed by atoms with van der Waals surface area (Å²) in [7, 11) is 0. The molecule has 1 N–H and O–H groups in total. The standard InChI is InChI=1S/C16H19N5O2S/c1-5-20-14(22)10-9-17-15(24-4)19-13(10)21(20)12-8-6-7-11(18-12)16(2,3)23/h6-9,23H,5H2,1-4H3. The van der Waals surface area contributed by atoms with Crippen molar-refractivity contribution in [3.8, 4) is 5.82 Å². The molecule has 0 spiro atoms. The van der Waals surface area contributed by atoms with Crippen LogP contribution in [-0.2, 0) is 12.1 Å². The van der Waals surface area contributed by atoms with Crippen LogP contribution >= 0.6 is 11.8 Å². The quantitative estimate of drug-likeness (QED) is 0.574. The van der Waals surface area contributed by atoms with Crippen LogP contribution in [0.4, 0.5) is 0 Å². The molecule has 0 aliphatic heterocycles. The first kappa shape index (κ1) is 16.7. The smallest absolute Gasteiger partial charge is 0.278 e. The fourth-order valence-corrected chi connectivity index (χ4v) is 2.85. The van der Waals surface area contributed by atoms with E-state index in [9.17, 15) is 9.90 Å². The van der Waals surface area contributed by atoms with Gasteiger partial charge >= 0.3 is 0 Å². The highest BCUT2D eigenvalue weighted by atomic mass is 32.2. The molecular weight excluding hydrogens is 326 g/mol. The van der Waals surface area contributed by atoms with Gasteiger partial charge in [0, 0.05) is 12.7 Å². The lowest BCUT2D eigenvalue weighted by Crippen LogP contribution is -2.23. The Morgan fingerprint density at radius 2 is 2.04 bits per heavy atom. The molecule has 8 heteroatoms. The number of fused-ring (bicyclic) bond motifs is 1. The Balaban J connectivity index is 2.35. The Hall–Kier alpha value is -2.19. The lowest BCUT2D eigenvalue weighted by atomic mass is 10.1. The highest BCUT2D eigenvalue weighted by molar-refractivity contribution is 7.98. The SMILES string of the molecule is CCn1c(=O)c2cnc(SC)nc2n1-c1cccc(C(C)(C)O)n1. The summed E-state index contributed by atoms with van der Waals surface area (Å²) in [6, 6.07) is 5.36. The van der Waals surface area contributed by atoms with Gasteiger partial charge in [0.05, 0.1) is 5.69 Å². The van der Waals surface area contributed by atoms with E-state index in [1.54, 1.807) is 41.5 Å². The van der Waals surface area contributed by atoms with Crippen LogP contribution < -0.4 is 5.56 Å². The van der Waals surface area contributed by atoms with Crippen molar-refractivity contribution in [3.05, 3.63) is 40.4 Å². The minimum Gasteiger partial charge on any atom is -0.384 e. The first-order chi connectivity index (χ1) is 11.4. The maximum absolute atomic E-state index is 12.6. The van der Waals surface area contributed by atoms with Crippen molar-refractivity contribution in [2.45, 2.75) is 38.1 Å². The molecule has 0 unspecified atom stereocenters. The molecule has 0 bridgehead atoms. The molecular formula is C16H19N5O2S. The van der Waals surface area contributed by atoms with Gasteiger partial charge in [-0.3, -0.25) is 4.79 Å². The van der Waals surface area contributed by atoms with Crippen molar-refractivity contribution in [1.82, 2.24) is 24.3 Å². The number of hydrogen-bond donors (Lipinski definition) is 1. The molecule has 0 fully saturated rings. The zero-order chi connectivity index (χ0) is 17.5. The molecule has 126 valence electrons. The fraction of sp³-hybridized carbons (Fsp3) is 0.375. The largest absolute Gasteiger partial charge is 0.384 e. The van der Waals surface area contributed by atoms with E-state index in [1.807, 2.05) is 19.2 Å². The third kappa shape index (κ3) is 2.71. The van der Waals surface area contributed by atoms with E-state index >= 15 is 0 Å². The Morgan fingerprint density at radius 1 is 1.29 bits per heavy atom. The van der Waals surface area contributed by atoms with Crippen molar-refractivity contribution < 1.29 is 5.11 Å². The topological polar surface area (TPSA) is 85.8 Å². The maximum atomic E-state index is 12.6. The lowest BCUT2D eigenvalue weighted by molar-refractivity contribution is 0.0738. The monoisotopic (exact) mass is 345 g/mol. The van der Waals surface area contributed by atoms with Gasteiger partial charge < -0.3 is 5.11 Å². The lowest BCUT2D eigenvalue weighted by Gasteiger charge is -2.18. The summed E-state index contributed by atoms with van der Waals surface area (Å²) in [6.07, 6.45) is 3.44.